The SMILES string of the molecule is Cc1ccc(OC2CCN(C(=O)C3(c4ccc(Cl)cc4)CCCC3)C2)nc1. The third kappa shape index (κ3) is 3.68. The molecule has 1 atom stereocenters. The minimum absolute atomic E-state index is 0.00725. The number of rotatable bonds is 4. The lowest BCUT2D eigenvalue weighted by atomic mass is 9.77. The topological polar surface area (TPSA) is 42.4 Å². The van der Waals surface area contributed by atoms with Gasteiger partial charge in [-0.05, 0) is 43.0 Å². The summed E-state index contributed by atoms with van der Waals surface area (Å²) < 4.78 is 6.01. The summed E-state index contributed by atoms with van der Waals surface area (Å²) in [6.45, 7) is 3.37. The summed E-state index contributed by atoms with van der Waals surface area (Å²) in [7, 11) is 0. The van der Waals surface area contributed by atoms with Gasteiger partial charge in [0, 0.05) is 30.3 Å². The second-order valence-corrected chi connectivity index (χ2v) is 8.19. The Morgan fingerprint density at radius 2 is 1.93 bits per heavy atom. The van der Waals surface area contributed by atoms with Crippen molar-refractivity contribution in [1.82, 2.24) is 9.88 Å². The second kappa shape index (κ2) is 7.51. The molecule has 4 nitrogen and oxygen atoms in total. The molecule has 2 aliphatic rings. The van der Waals surface area contributed by atoms with Crippen LogP contribution in [0.1, 0.15) is 43.2 Å². The standard InChI is InChI=1S/C22H25ClN2O2/c1-16-4-9-20(24-14-16)27-19-10-13-25(15-19)21(26)22(11-2-3-12-22)17-5-7-18(23)8-6-17/h4-9,14,19H,2-3,10-13,15H2,1H3. The highest BCUT2D eigenvalue weighted by Crippen LogP contribution is 2.43. The summed E-state index contributed by atoms with van der Waals surface area (Å²) in [5.74, 6) is 0.874. The van der Waals surface area contributed by atoms with E-state index in [1.165, 1.54) is 0 Å². The predicted octanol–water partition coefficient (Wildman–Crippen LogP) is 4.54. The summed E-state index contributed by atoms with van der Waals surface area (Å²) in [5, 5.41) is 0.708. The Labute approximate surface area is 165 Å². The zero-order chi connectivity index (χ0) is 18.9. The average molecular weight is 385 g/mol. The number of amides is 1. The van der Waals surface area contributed by atoms with Crippen molar-refractivity contribution in [3.05, 3.63) is 58.7 Å². The number of carbonyl (C=O) groups excluding carboxylic acids is 1. The van der Waals surface area contributed by atoms with Crippen molar-refractivity contribution >= 4 is 17.5 Å². The summed E-state index contributed by atoms with van der Waals surface area (Å²) in [5.41, 5.74) is 1.80. The fourth-order valence-corrected chi connectivity index (χ4v) is 4.51. The minimum atomic E-state index is -0.401. The van der Waals surface area contributed by atoms with E-state index in [0.717, 1.165) is 49.8 Å². The third-order valence-corrected chi connectivity index (χ3v) is 6.12. The maximum Gasteiger partial charge on any atom is 0.233 e. The van der Waals surface area contributed by atoms with Crippen LogP contribution in [0.5, 0.6) is 5.88 Å². The van der Waals surface area contributed by atoms with Crippen molar-refractivity contribution in [3.8, 4) is 5.88 Å². The first-order chi connectivity index (χ1) is 13.1. The van der Waals surface area contributed by atoms with Crippen LogP contribution in [0.15, 0.2) is 42.6 Å². The monoisotopic (exact) mass is 384 g/mol. The van der Waals surface area contributed by atoms with Crippen molar-refractivity contribution in [2.75, 3.05) is 13.1 Å². The van der Waals surface area contributed by atoms with Crippen molar-refractivity contribution < 1.29 is 9.53 Å². The number of halogens is 1. The van der Waals surface area contributed by atoms with Crippen LogP contribution in [0.3, 0.4) is 0 Å². The molecule has 2 heterocycles. The van der Waals surface area contributed by atoms with Gasteiger partial charge in [-0.15, -0.1) is 0 Å². The first-order valence-electron chi connectivity index (χ1n) is 9.72. The number of hydrogen-bond acceptors (Lipinski definition) is 3. The molecule has 4 rings (SSSR count). The van der Waals surface area contributed by atoms with Gasteiger partial charge >= 0.3 is 0 Å². The number of aromatic nitrogens is 1. The molecule has 1 unspecified atom stereocenters. The van der Waals surface area contributed by atoms with Crippen molar-refractivity contribution in [3.63, 3.8) is 0 Å². The van der Waals surface area contributed by atoms with E-state index in [0.29, 0.717) is 17.4 Å². The molecule has 0 spiro atoms. The molecule has 1 aliphatic heterocycles. The maximum absolute atomic E-state index is 13.5. The molecule has 142 valence electrons. The first-order valence-corrected chi connectivity index (χ1v) is 10.1. The van der Waals surface area contributed by atoms with E-state index >= 15 is 0 Å². The van der Waals surface area contributed by atoms with Crippen LogP contribution in [0.2, 0.25) is 5.02 Å². The molecule has 1 aromatic heterocycles. The van der Waals surface area contributed by atoms with E-state index in [9.17, 15) is 4.79 Å². The zero-order valence-corrected chi connectivity index (χ0v) is 16.4. The van der Waals surface area contributed by atoms with Crippen molar-refractivity contribution in [1.29, 1.82) is 0 Å². The number of aryl methyl sites for hydroxylation is 1. The second-order valence-electron chi connectivity index (χ2n) is 7.75. The lowest BCUT2D eigenvalue weighted by molar-refractivity contribution is -0.136. The molecule has 1 saturated carbocycles. The number of benzene rings is 1. The summed E-state index contributed by atoms with van der Waals surface area (Å²) >= 11 is 6.06. The van der Waals surface area contributed by atoms with Crippen LogP contribution in [0, 0.1) is 6.92 Å². The first kappa shape index (κ1) is 18.3. The van der Waals surface area contributed by atoms with Gasteiger partial charge in [-0.1, -0.05) is 42.6 Å². The summed E-state index contributed by atoms with van der Waals surface area (Å²) in [6, 6.07) is 11.7. The van der Waals surface area contributed by atoms with Gasteiger partial charge in [-0.25, -0.2) is 4.98 Å². The smallest absolute Gasteiger partial charge is 0.233 e. The molecule has 0 bridgehead atoms. The molecule has 0 radical (unpaired) electrons. The van der Waals surface area contributed by atoms with E-state index in [4.69, 9.17) is 16.3 Å². The van der Waals surface area contributed by atoms with Crippen LogP contribution in [0.25, 0.3) is 0 Å². The predicted molar refractivity (Wildman–Crippen MR) is 106 cm³/mol. The van der Waals surface area contributed by atoms with Crippen LogP contribution < -0.4 is 4.74 Å². The number of pyridine rings is 1. The molecular weight excluding hydrogens is 360 g/mol. The fourth-order valence-electron chi connectivity index (χ4n) is 4.38. The molecule has 1 saturated heterocycles. The van der Waals surface area contributed by atoms with E-state index in [1.807, 2.05) is 48.2 Å². The van der Waals surface area contributed by atoms with E-state index in [2.05, 4.69) is 4.98 Å². The van der Waals surface area contributed by atoms with E-state index in [1.54, 1.807) is 6.20 Å². The van der Waals surface area contributed by atoms with Gasteiger partial charge in [0.1, 0.15) is 6.10 Å². The minimum Gasteiger partial charge on any atom is -0.472 e. The molecule has 2 aromatic rings. The Morgan fingerprint density at radius 3 is 2.59 bits per heavy atom. The fraction of sp³-hybridized carbons (Fsp3) is 0.455. The lowest BCUT2D eigenvalue weighted by Gasteiger charge is -2.33. The summed E-state index contributed by atoms with van der Waals surface area (Å²) in [4.78, 5) is 19.8. The highest BCUT2D eigenvalue weighted by Gasteiger charge is 2.46. The molecule has 5 heteroatoms. The molecular formula is C22H25ClN2O2. The van der Waals surface area contributed by atoms with Gasteiger partial charge in [0.05, 0.1) is 12.0 Å². The molecule has 2 fully saturated rings. The number of nitrogens with zero attached hydrogens (tertiary/aromatic N) is 2. The summed E-state index contributed by atoms with van der Waals surface area (Å²) in [6.07, 6.45) is 6.67. The Morgan fingerprint density at radius 1 is 1.19 bits per heavy atom. The van der Waals surface area contributed by atoms with E-state index in [-0.39, 0.29) is 12.0 Å². The number of hydrogen-bond donors (Lipinski definition) is 0. The van der Waals surface area contributed by atoms with Crippen LogP contribution >= 0.6 is 11.6 Å². The third-order valence-electron chi connectivity index (χ3n) is 5.87. The zero-order valence-electron chi connectivity index (χ0n) is 15.7. The van der Waals surface area contributed by atoms with Gasteiger partial charge in [0.15, 0.2) is 0 Å². The number of ether oxygens (including phenoxy) is 1. The van der Waals surface area contributed by atoms with Gasteiger partial charge in [0.25, 0.3) is 0 Å². The molecule has 27 heavy (non-hydrogen) atoms. The van der Waals surface area contributed by atoms with Crippen molar-refractivity contribution in [2.45, 2.75) is 50.5 Å². The molecule has 1 aromatic carbocycles. The molecule has 1 aliphatic carbocycles. The molecule has 0 N–H and O–H groups in total. The van der Waals surface area contributed by atoms with Crippen LogP contribution in [-0.4, -0.2) is 35.0 Å². The largest absolute Gasteiger partial charge is 0.472 e. The average Bonchev–Trinajstić information content (AvgIpc) is 3.34. The van der Waals surface area contributed by atoms with Gasteiger partial charge in [-0.2, -0.15) is 0 Å². The number of likely N-dealkylation sites (tertiary alicyclic amines) is 1. The van der Waals surface area contributed by atoms with Crippen molar-refractivity contribution in [2.24, 2.45) is 0 Å². The van der Waals surface area contributed by atoms with E-state index < -0.39 is 5.41 Å². The Hall–Kier alpha value is -2.07. The van der Waals surface area contributed by atoms with Crippen LogP contribution in [0.4, 0.5) is 0 Å². The normalized spacial score (nSPS) is 21.4. The highest BCUT2D eigenvalue weighted by atomic mass is 35.5. The molecule has 1 amide bonds. The van der Waals surface area contributed by atoms with Gasteiger partial charge in [-0.3, -0.25) is 4.79 Å². The van der Waals surface area contributed by atoms with Crippen LogP contribution in [-0.2, 0) is 10.2 Å². The Kier molecular flexibility index (Phi) is 5.09. The highest BCUT2D eigenvalue weighted by molar-refractivity contribution is 6.30. The van der Waals surface area contributed by atoms with Gasteiger partial charge in [0.2, 0.25) is 11.8 Å². The Bertz CT molecular complexity index is 798. The quantitative estimate of drug-likeness (QED) is 0.777. The Balaban J connectivity index is 1.48. The number of carbonyl (C=O) groups is 1. The lowest BCUT2D eigenvalue weighted by Crippen LogP contribution is -2.45. The van der Waals surface area contributed by atoms with Gasteiger partial charge < -0.3 is 9.64 Å². The maximum atomic E-state index is 13.5.